The molecule has 0 saturated heterocycles. The van der Waals surface area contributed by atoms with E-state index in [-0.39, 0.29) is 17.9 Å². The van der Waals surface area contributed by atoms with Crippen LogP contribution in [0.2, 0.25) is 0 Å². The SMILES string of the molecule is O=C(NN(Cc1ccc(-c2ccccc2)cc1)C[C@H](O)C(=O)O)c1cc(C(=O)O)[nH]n1. The standard InChI is InChI=1S/C21H20N4O6/c26-18(21(30)31)12-25(24-19(27)16-10-17(20(28)29)23-22-16)11-13-6-8-15(9-7-13)14-4-2-1-3-5-14/h1-10,18,26H,11-12H2,(H,22,23)(H,24,27)(H,28,29)(H,30,31)/t18-/m0/s1. The number of aliphatic carboxylic acids is 1. The number of nitrogens with zero attached hydrogens (tertiary/aromatic N) is 2. The predicted molar refractivity (Wildman–Crippen MR) is 109 cm³/mol. The zero-order chi connectivity index (χ0) is 22.4. The molecule has 0 aliphatic rings. The third-order valence-corrected chi connectivity index (χ3v) is 4.41. The molecule has 31 heavy (non-hydrogen) atoms. The number of rotatable bonds is 9. The molecule has 1 amide bonds. The first-order valence-corrected chi connectivity index (χ1v) is 9.23. The van der Waals surface area contributed by atoms with Crippen molar-refractivity contribution < 1.29 is 29.7 Å². The topological polar surface area (TPSA) is 156 Å². The van der Waals surface area contributed by atoms with Crippen molar-refractivity contribution in [2.24, 2.45) is 0 Å². The van der Waals surface area contributed by atoms with Crippen LogP contribution < -0.4 is 5.43 Å². The largest absolute Gasteiger partial charge is 0.479 e. The number of aliphatic hydroxyl groups is 1. The van der Waals surface area contributed by atoms with Crippen molar-refractivity contribution >= 4 is 17.8 Å². The first kappa shape index (κ1) is 21.7. The third-order valence-electron chi connectivity index (χ3n) is 4.41. The van der Waals surface area contributed by atoms with Crippen molar-refractivity contribution in [3.05, 3.63) is 77.6 Å². The Kier molecular flexibility index (Phi) is 6.75. The summed E-state index contributed by atoms with van der Waals surface area (Å²) in [5.41, 5.74) is 4.79. The first-order chi connectivity index (χ1) is 14.8. The number of amides is 1. The normalized spacial score (nSPS) is 11.8. The lowest BCUT2D eigenvalue weighted by atomic mass is 10.0. The van der Waals surface area contributed by atoms with Gasteiger partial charge in [0, 0.05) is 12.6 Å². The van der Waals surface area contributed by atoms with Crippen LogP contribution in [0.4, 0.5) is 0 Å². The number of aromatic amines is 1. The Balaban J connectivity index is 1.74. The van der Waals surface area contributed by atoms with Crippen LogP contribution in [0.25, 0.3) is 11.1 Å². The molecule has 10 heteroatoms. The molecule has 0 saturated carbocycles. The lowest BCUT2D eigenvalue weighted by Crippen LogP contribution is -2.47. The molecule has 0 bridgehead atoms. The van der Waals surface area contributed by atoms with Crippen LogP contribution in [-0.2, 0) is 11.3 Å². The number of aromatic nitrogens is 2. The lowest BCUT2D eigenvalue weighted by molar-refractivity contribution is -0.148. The fourth-order valence-electron chi connectivity index (χ4n) is 2.84. The molecule has 1 aromatic heterocycles. The van der Waals surface area contributed by atoms with E-state index in [1.54, 1.807) is 0 Å². The minimum atomic E-state index is -1.74. The molecular weight excluding hydrogens is 404 g/mol. The molecule has 0 unspecified atom stereocenters. The molecule has 160 valence electrons. The van der Waals surface area contributed by atoms with E-state index in [0.29, 0.717) is 0 Å². The van der Waals surface area contributed by atoms with Crippen LogP contribution in [0.1, 0.15) is 26.5 Å². The van der Waals surface area contributed by atoms with Crippen molar-refractivity contribution in [3.8, 4) is 11.1 Å². The van der Waals surface area contributed by atoms with Crippen LogP contribution in [-0.4, -0.2) is 61.0 Å². The molecule has 10 nitrogen and oxygen atoms in total. The summed E-state index contributed by atoms with van der Waals surface area (Å²) >= 11 is 0. The van der Waals surface area contributed by atoms with E-state index in [1.807, 2.05) is 54.6 Å². The number of carboxylic acids is 2. The Morgan fingerprint density at radius 3 is 2.23 bits per heavy atom. The Labute approximate surface area is 176 Å². The second kappa shape index (κ2) is 9.65. The molecule has 1 atom stereocenters. The Hall–Kier alpha value is -4.02. The number of aliphatic hydroxyl groups excluding tert-OH is 1. The Bertz CT molecular complexity index is 1060. The van der Waals surface area contributed by atoms with E-state index >= 15 is 0 Å². The summed E-state index contributed by atoms with van der Waals surface area (Å²) in [6.07, 6.45) is -1.74. The van der Waals surface area contributed by atoms with Gasteiger partial charge >= 0.3 is 11.9 Å². The molecular formula is C21H20N4O6. The smallest absolute Gasteiger partial charge is 0.353 e. The van der Waals surface area contributed by atoms with Gasteiger partial charge in [-0.25, -0.2) is 14.6 Å². The number of hydrogen-bond acceptors (Lipinski definition) is 6. The Morgan fingerprint density at radius 1 is 1.00 bits per heavy atom. The van der Waals surface area contributed by atoms with Gasteiger partial charge in [-0.15, -0.1) is 0 Å². The highest BCUT2D eigenvalue weighted by atomic mass is 16.4. The number of aromatic carboxylic acids is 1. The lowest BCUT2D eigenvalue weighted by Gasteiger charge is -2.24. The number of carboxylic acid groups (broad SMARTS) is 2. The maximum atomic E-state index is 12.4. The van der Waals surface area contributed by atoms with E-state index in [1.165, 1.54) is 5.01 Å². The fraction of sp³-hybridized carbons (Fsp3) is 0.143. The zero-order valence-corrected chi connectivity index (χ0v) is 16.2. The molecule has 3 rings (SSSR count). The summed E-state index contributed by atoms with van der Waals surface area (Å²) in [6.45, 7) is -0.293. The number of nitrogens with one attached hydrogen (secondary N) is 2. The number of hydrogen-bond donors (Lipinski definition) is 5. The second-order valence-corrected chi connectivity index (χ2v) is 6.71. The highest BCUT2D eigenvalue weighted by Gasteiger charge is 2.22. The van der Waals surface area contributed by atoms with Gasteiger partial charge in [0.05, 0.1) is 6.54 Å². The van der Waals surface area contributed by atoms with Crippen LogP contribution in [0.5, 0.6) is 0 Å². The fourth-order valence-corrected chi connectivity index (χ4v) is 2.84. The van der Waals surface area contributed by atoms with Crippen LogP contribution >= 0.6 is 0 Å². The average Bonchev–Trinajstić information content (AvgIpc) is 3.25. The Morgan fingerprint density at radius 2 is 1.65 bits per heavy atom. The number of carbonyl (C=O) groups is 3. The van der Waals surface area contributed by atoms with Gasteiger partial charge in [0.15, 0.2) is 11.8 Å². The quantitative estimate of drug-likeness (QED) is 0.323. The third kappa shape index (κ3) is 5.75. The van der Waals surface area contributed by atoms with Gasteiger partial charge in [-0.1, -0.05) is 54.6 Å². The number of H-pyrrole nitrogens is 1. The molecule has 0 aliphatic heterocycles. The van der Waals surface area contributed by atoms with E-state index in [0.717, 1.165) is 22.8 Å². The minimum Gasteiger partial charge on any atom is -0.479 e. The van der Waals surface area contributed by atoms with Crippen LogP contribution in [0, 0.1) is 0 Å². The van der Waals surface area contributed by atoms with Crippen molar-refractivity contribution in [1.82, 2.24) is 20.6 Å². The maximum Gasteiger partial charge on any atom is 0.353 e. The molecule has 0 radical (unpaired) electrons. The summed E-state index contributed by atoms with van der Waals surface area (Å²) in [5.74, 6) is -3.46. The van der Waals surface area contributed by atoms with Crippen LogP contribution in [0.15, 0.2) is 60.7 Å². The van der Waals surface area contributed by atoms with Crippen LogP contribution in [0.3, 0.4) is 0 Å². The summed E-state index contributed by atoms with van der Waals surface area (Å²) < 4.78 is 0. The van der Waals surface area contributed by atoms with Crippen molar-refractivity contribution in [2.45, 2.75) is 12.6 Å². The molecule has 2 aromatic carbocycles. The van der Waals surface area contributed by atoms with E-state index in [4.69, 9.17) is 10.2 Å². The highest BCUT2D eigenvalue weighted by molar-refractivity contribution is 5.95. The molecule has 0 spiro atoms. The maximum absolute atomic E-state index is 12.4. The van der Waals surface area contributed by atoms with Gasteiger partial charge in [-0.2, -0.15) is 5.10 Å². The highest BCUT2D eigenvalue weighted by Crippen LogP contribution is 2.19. The molecule has 3 aromatic rings. The zero-order valence-electron chi connectivity index (χ0n) is 16.2. The number of carbonyl (C=O) groups excluding carboxylic acids is 1. The first-order valence-electron chi connectivity index (χ1n) is 9.23. The number of benzene rings is 2. The summed E-state index contributed by atoms with van der Waals surface area (Å²) in [6, 6.07) is 18.2. The second-order valence-electron chi connectivity index (χ2n) is 6.71. The number of hydrazine groups is 1. The molecule has 0 fully saturated rings. The van der Waals surface area contributed by atoms with Gasteiger partial charge in [-0.05, 0) is 16.7 Å². The summed E-state index contributed by atoms with van der Waals surface area (Å²) in [4.78, 5) is 34.4. The van der Waals surface area contributed by atoms with E-state index in [2.05, 4.69) is 15.6 Å². The average molecular weight is 424 g/mol. The summed E-state index contributed by atoms with van der Waals surface area (Å²) in [5, 5.41) is 34.7. The van der Waals surface area contributed by atoms with Gasteiger partial charge in [0.25, 0.3) is 5.91 Å². The van der Waals surface area contributed by atoms with Crippen molar-refractivity contribution in [3.63, 3.8) is 0 Å². The van der Waals surface area contributed by atoms with Crippen molar-refractivity contribution in [1.29, 1.82) is 0 Å². The predicted octanol–water partition coefficient (Wildman–Crippen LogP) is 1.37. The van der Waals surface area contributed by atoms with Crippen molar-refractivity contribution in [2.75, 3.05) is 6.54 Å². The van der Waals surface area contributed by atoms with Gasteiger partial charge in [-0.3, -0.25) is 15.3 Å². The molecule has 1 heterocycles. The molecule has 0 aliphatic carbocycles. The minimum absolute atomic E-state index is 0.0986. The van der Waals surface area contributed by atoms with E-state index in [9.17, 15) is 19.5 Å². The summed E-state index contributed by atoms with van der Waals surface area (Å²) in [7, 11) is 0. The molecule has 5 N–H and O–H groups in total. The van der Waals surface area contributed by atoms with Gasteiger partial charge in [0.2, 0.25) is 0 Å². The van der Waals surface area contributed by atoms with Gasteiger partial charge in [0.1, 0.15) is 5.69 Å². The monoisotopic (exact) mass is 424 g/mol. The van der Waals surface area contributed by atoms with E-state index < -0.39 is 30.5 Å². The van der Waals surface area contributed by atoms with Gasteiger partial charge < -0.3 is 15.3 Å².